The minimum absolute atomic E-state index is 0.0209. The summed E-state index contributed by atoms with van der Waals surface area (Å²) < 4.78 is 1.87. The number of nitrogens with one attached hydrogen (secondary N) is 1. The molecule has 0 saturated heterocycles. The molecule has 1 N–H and O–H groups in total. The largest absolute Gasteiger partial charge is 0.356 e. The molecule has 1 aromatic carbocycles. The Balaban J connectivity index is 1.44. The Labute approximate surface area is 141 Å². The smallest absolute Gasteiger partial charge is 0.220 e. The van der Waals surface area contributed by atoms with E-state index in [1.165, 1.54) is 0 Å². The molecule has 1 aromatic heterocycles. The van der Waals surface area contributed by atoms with Gasteiger partial charge in [0.1, 0.15) is 0 Å². The third-order valence-corrected chi connectivity index (χ3v) is 4.32. The Morgan fingerprint density at radius 1 is 1.33 bits per heavy atom. The van der Waals surface area contributed by atoms with Crippen LogP contribution in [0.25, 0.3) is 10.9 Å². The third kappa shape index (κ3) is 3.62. The number of aromatic nitrogens is 2. The van der Waals surface area contributed by atoms with E-state index in [1.807, 2.05) is 29.9 Å². The van der Waals surface area contributed by atoms with Gasteiger partial charge in [-0.05, 0) is 6.07 Å². The van der Waals surface area contributed by atoms with Crippen molar-refractivity contribution in [3.05, 3.63) is 30.0 Å². The number of fused-ring (bicyclic) bond motifs is 1. The number of hydrogen-bond donors (Lipinski definition) is 1. The van der Waals surface area contributed by atoms with Crippen molar-refractivity contribution in [3.63, 3.8) is 0 Å². The van der Waals surface area contributed by atoms with Crippen LogP contribution < -0.4 is 5.32 Å². The van der Waals surface area contributed by atoms with Gasteiger partial charge in [0.05, 0.1) is 11.2 Å². The van der Waals surface area contributed by atoms with Crippen LogP contribution in [0, 0.1) is 12.3 Å². The monoisotopic (exact) mass is 323 g/mol. The molecule has 1 aliphatic heterocycles. The quantitative estimate of drug-likeness (QED) is 0.758. The van der Waals surface area contributed by atoms with E-state index >= 15 is 0 Å². The summed E-state index contributed by atoms with van der Waals surface area (Å²) in [5, 5.41) is 16.7. The van der Waals surface area contributed by atoms with E-state index in [0.29, 0.717) is 32.2 Å². The zero-order chi connectivity index (χ0) is 17.0. The molecule has 0 spiro atoms. The topological polar surface area (TPSA) is 71.6 Å². The summed E-state index contributed by atoms with van der Waals surface area (Å²) >= 11 is 0. The van der Waals surface area contributed by atoms with Crippen molar-refractivity contribution < 1.29 is 4.79 Å². The molecule has 0 saturated carbocycles. The van der Waals surface area contributed by atoms with Gasteiger partial charge in [0.15, 0.2) is 5.66 Å². The van der Waals surface area contributed by atoms with Crippen LogP contribution in [0.15, 0.2) is 34.5 Å². The SMILES string of the molecule is C#CCCC1(CCC(=O)NCCc2nn(C)c3ccccc23)N=N1. The highest BCUT2D eigenvalue weighted by Crippen LogP contribution is 2.37. The van der Waals surface area contributed by atoms with Gasteiger partial charge in [-0.1, -0.05) is 18.2 Å². The predicted octanol–water partition coefficient (Wildman–Crippen LogP) is 2.59. The van der Waals surface area contributed by atoms with Gasteiger partial charge in [-0.25, -0.2) is 0 Å². The van der Waals surface area contributed by atoms with Crippen LogP contribution in [0.1, 0.15) is 31.4 Å². The Hall–Kier alpha value is -2.68. The van der Waals surface area contributed by atoms with E-state index in [-0.39, 0.29) is 11.6 Å². The lowest BCUT2D eigenvalue weighted by molar-refractivity contribution is -0.121. The zero-order valence-corrected chi connectivity index (χ0v) is 13.8. The van der Waals surface area contributed by atoms with E-state index in [0.717, 1.165) is 23.0 Å². The number of hydrogen-bond acceptors (Lipinski definition) is 4. The summed E-state index contributed by atoms with van der Waals surface area (Å²) in [6.45, 7) is 0.575. The highest BCUT2D eigenvalue weighted by Gasteiger charge is 2.39. The maximum atomic E-state index is 12.0. The molecule has 24 heavy (non-hydrogen) atoms. The van der Waals surface area contributed by atoms with Gasteiger partial charge in [-0.15, -0.1) is 12.3 Å². The van der Waals surface area contributed by atoms with E-state index < -0.39 is 0 Å². The van der Waals surface area contributed by atoms with Gasteiger partial charge in [-0.3, -0.25) is 9.48 Å². The molecule has 0 unspecified atom stereocenters. The van der Waals surface area contributed by atoms with Crippen molar-refractivity contribution in [2.75, 3.05) is 6.54 Å². The zero-order valence-electron chi connectivity index (χ0n) is 13.8. The summed E-state index contributed by atoms with van der Waals surface area (Å²) in [5.41, 5.74) is 1.72. The predicted molar refractivity (Wildman–Crippen MR) is 92.3 cm³/mol. The third-order valence-electron chi connectivity index (χ3n) is 4.32. The second-order valence-corrected chi connectivity index (χ2v) is 6.07. The minimum atomic E-state index is -0.388. The first-order chi connectivity index (χ1) is 11.6. The fourth-order valence-electron chi connectivity index (χ4n) is 2.86. The molecule has 3 rings (SSSR count). The number of terminal acetylenes is 1. The number of rotatable bonds is 8. The fraction of sp³-hybridized carbons (Fsp3) is 0.444. The molecule has 0 bridgehead atoms. The van der Waals surface area contributed by atoms with Gasteiger partial charge in [-0.2, -0.15) is 15.3 Å². The van der Waals surface area contributed by atoms with Gasteiger partial charge in [0, 0.05) is 51.1 Å². The molecule has 124 valence electrons. The molecule has 6 nitrogen and oxygen atoms in total. The van der Waals surface area contributed by atoms with Gasteiger partial charge in [0.2, 0.25) is 5.91 Å². The number of nitrogens with zero attached hydrogens (tertiary/aromatic N) is 4. The number of aryl methyl sites for hydroxylation is 1. The summed E-state index contributed by atoms with van der Waals surface area (Å²) in [4.78, 5) is 12.0. The second kappa shape index (κ2) is 6.83. The lowest BCUT2D eigenvalue weighted by atomic mass is 10.0. The Morgan fingerprint density at radius 3 is 2.88 bits per heavy atom. The number of carbonyl (C=O) groups is 1. The Morgan fingerprint density at radius 2 is 2.12 bits per heavy atom. The molecule has 6 heteroatoms. The molecule has 2 aromatic rings. The van der Waals surface area contributed by atoms with E-state index in [1.54, 1.807) is 0 Å². The summed E-state index contributed by atoms with van der Waals surface area (Å²) in [6, 6.07) is 8.11. The normalized spacial score (nSPS) is 14.5. The number of para-hydroxylation sites is 1. The molecule has 1 aliphatic rings. The van der Waals surface area contributed by atoms with E-state index in [4.69, 9.17) is 6.42 Å². The molecule has 0 atom stereocenters. The Bertz CT molecular complexity index is 808. The highest BCUT2D eigenvalue weighted by molar-refractivity contribution is 5.82. The second-order valence-electron chi connectivity index (χ2n) is 6.07. The van der Waals surface area contributed by atoms with Crippen molar-refractivity contribution in [1.29, 1.82) is 0 Å². The lowest BCUT2D eigenvalue weighted by Gasteiger charge is -2.08. The van der Waals surface area contributed by atoms with Gasteiger partial charge in [0.25, 0.3) is 0 Å². The fourth-order valence-corrected chi connectivity index (χ4v) is 2.86. The molecular formula is C18H21N5O. The van der Waals surface area contributed by atoms with Crippen molar-refractivity contribution >= 4 is 16.8 Å². The summed E-state index contributed by atoms with van der Waals surface area (Å²) in [6.07, 6.45) is 8.40. The minimum Gasteiger partial charge on any atom is -0.356 e. The number of amides is 1. The van der Waals surface area contributed by atoms with Gasteiger partial charge < -0.3 is 5.32 Å². The van der Waals surface area contributed by atoms with Crippen molar-refractivity contribution in [3.8, 4) is 12.3 Å². The maximum absolute atomic E-state index is 12.0. The molecule has 1 amide bonds. The van der Waals surface area contributed by atoms with Crippen LogP contribution in [0.2, 0.25) is 0 Å². The van der Waals surface area contributed by atoms with E-state index in [2.05, 4.69) is 32.6 Å². The molecule has 2 heterocycles. The van der Waals surface area contributed by atoms with E-state index in [9.17, 15) is 4.79 Å². The average molecular weight is 323 g/mol. The van der Waals surface area contributed by atoms with Crippen LogP contribution in [-0.2, 0) is 18.3 Å². The highest BCUT2D eigenvalue weighted by atomic mass is 16.1. The van der Waals surface area contributed by atoms with Crippen LogP contribution in [0.3, 0.4) is 0 Å². The van der Waals surface area contributed by atoms with Gasteiger partial charge >= 0.3 is 0 Å². The molecule has 0 radical (unpaired) electrons. The molecular weight excluding hydrogens is 302 g/mol. The Kier molecular flexibility index (Phi) is 4.61. The number of benzene rings is 1. The first-order valence-corrected chi connectivity index (χ1v) is 8.18. The molecule has 0 aliphatic carbocycles. The van der Waals surface area contributed by atoms with Crippen LogP contribution >= 0.6 is 0 Å². The van der Waals surface area contributed by atoms with Crippen LogP contribution in [0.5, 0.6) is 0 Å². The number of carbonyl (C=O) groups excluding carboxylic acids is 1. The summed E-state index contributed by atoms with van der Waals surface area (Å²) in [5.74, 6) is 2.61. The van der Waals surface area contributed by atoms with Crippen molar-refractivity contribution in [1.82, 2.24) is 15.1 Å². The lowest BCUT2D eigenvalue weighted by Crippen LogP contribution is -2.27. The first-order valence-electron chi connectivity index (χ1n) is 8.18. The van der Waals surface area contributed by atoms with Crippen molar-refractivity contribution in [2.45, 2.75) is 37.8 Å². The standard InChI is InChI=1S/C18H21N5O/c1-3-4-11-18(21-22-18)12-9-17(24)19-13-10-15-14-7-5-6-8-16(14)23(2)20-15/h1,5-8H,4,9-13H2,2H3,(H,19,24). The summed E-state index contributed by atoms with van der Waals surface area (Å²) in [7, 11) is 1.93. The molecule has 0 fully saturated rings. The average Bonchev–Trinajstić information content (AvgIpc) is 3.30. The van der Waals surface area contributed by atoms with Crippen LogP contribution in [-0.4, -0.2) is 27.9 Å². The first kappa shape index (κ1) is 16.2. The van der Waals surface area contributed by atoms with Crippen LogP contribution in [0.4, 0.5) is 0 Å². The maximum Gasteiger partial charge on any atom is 0.220 e. The van der Waals surface area contributed by atoms with Crippen molar-refractivity contribution in [2.24, 2.45) is 17.3 Å².